The van der Waals surface area contributed by atoms with E-state index < -0.39 is 0 Å². The number of ether oxygens (including phenoxy) is 3. The van der Waals surface area contributed by atoms with Crippen LogP contribution >= 0.6 is 0 Å². The van der Waals surface area contributed by atoms with Crippen molar-refractivity contribution in [2.45, 2.75) is 19.9 Å². The Hall–Kier alpha value is -2.73. The quantitative estimate of drug-likeness (QED) is 0.808. The zero-order chi connectivity index (χ0) is 19.2. The van der Waals surface area contributed by atoms with Gasteiger partial charge in [0.05, 0.1) is 13.7 Å². The van der Waals surface area contributed by atoms with Gasteiger partial charge in [0.15, 0.2) is 11.5 Å². The zero-order valence-electron chi connectivity index (χ0n) is 16.0. The molecule has 6 heteroatoms. The Morgan fingerprint density at radius 3 is 2.70 bits per heavy atom. The van der Waals surface area contributed by atoms with Crippen molar-refractivity contribution in [3.63, 3.8) is 0 Å². The van der Waals surface area contributed by atoms with Crippen molar-refractivity contribution in [3.05, 3.63) is 48.0 Å². The van der Waals surface area contributed by atoms with E-state index in [2.05, 4.69) is 23.2 Å². The van der Waals surface area contributed by atoms with Crippen molar-refractivity contribution in [3.8, 4) is 17.2 Å². The number of nitrogens with one attached hydrogen (secondary N) is 1. The number of benzene rings is 2. The van der Waals surface area contributed by atoms with Crippen LogP contribution in [0.25, 0.3) is 0 Å². The summed E-state index contributed by atoms with van der Waals surface area (Å²) in [5, 5.41) is 2.94. The van der Waals surface area contributed by atoms with E-state index >= 15 is 0 Å². The molecule has 2 aromatic carbocycles. The number of rotatable bonds is 7. The second-order valence-corrected chi connectivity index (χ2v) is 6.42. The first-order valence-corrected chi connectivity index (χ1v) is 9.18. The maximum absolute atomic E-state index is 12.6. The van der Waals surface area contributed by atoms with E-state index in [1.54, 1.807) is 13.2 Å². The van der Waals surface area contributed by atoms with Crippen molar-refractivity contribution in [2.75, 3.05) is 38.7 Å². The van der Waals surface area contributed by atoms with Crippen LogP contribution in [0.4, 0.5) is 5.69 Å². The Kier molecular flexibility index (Phi) is 6.19. The van der Waals surface area contributed by atoms with Crippen molar-refractivity contribution in [1.29, 1.82) is 0 Å². The summed E-state index contributed by atoms with van der Waals surface area (Å²) >= 11 is 0. The first-order chi connectivity index (χ1) is 13.1. The molecule has 6 nitrogen and oxygen atoms in total. The summed E-state index contributed by atoms with van der Waals surface area (Å²) in [4.78, 5) is 14.7. The number of anilines is 1. The van der Waals surface area contributed by atoms with E-state index in [4.69, 9.17) is 14.2 Å². The minimum Gasteiger partial charge on any atom is -0.497 e. The van der Waals surface area contributed by atoms with Gasteiger partial charge in [0.2, 0.25) is 5.91 Å². The Bertz CT molecular complexity index is 794. The predicted molar refractivity (Wildman–Crippen MR) is 105 cm³/mol. The molecule has 1 aliphatic heterocycles. The molecule has 2 aromatic rings. The van der Waals surface area contributed by atoms with Crippen molar-refractivity contribution in [2.24, 2.45) is 0 Å². The van der Waals surface area contributed by atoms with Crippen LogP contribution in [0.2, 0.25) is 0 Å². The highest BCUT2D eigenvalue weighted by Gasteiger charge is 2.19. The highest BCUT2D eigenvalue weighted by molar-refractivity contribution is 5.92. The molecule has 0 aliphatic carbocycles. The van der Waals surface area contributed by atoms with Gasteiger partial charge in [-0.15, -0.1) is 0 Å². The molecule has 1 N–H and O–H groups in total. The molecule has 144 valence electrons. The minimum atomic E-state index is -0.0664. The molecule has 3 rings (SSSR count). The van der Waals surface area contributed by atoms with Crippen LogP contribution in [-0.2, 0) is 4.79 Å². The normalized spacial score (nSPS) is 13.9. The van der Waals surface area contributed by atoms with Crippen LogP contribution in [0.3, 0.4) is 0 Å². The van der Waals surface area contributed by atoms with Gasteiger partial charge in [-0.2, -0.15) is 0 Å². The molecule has 0 bridgehead atoms. The lowest BCUT2D eigenvalue weighted by molar-refractivity contribution is -0.117. The monoisotopic (exact) mass is 370 g/mol. The van der Waals surface area contributed by atoms with Gasteiger partial charge < -0.3 is 19.5 Å². The number of amides is 1. The molecule has 1 heterocycles. The number of hydrogen-bond donors (Lipinski definition) is 1. The van der Waals surface area contributed by atoms with Crippen LogP contribution in [0.15, 0.2) is 42.5 Å². The Balaban J connectivity index is 1.64. The van der Waals surface area contributed by atoms with E-state index in [0.29, 0.717) is 36.9 Å². The molecule has 0 aromatic heterocycles. The number of carbonyl (C=O) groups excluding carboxylic acids is 1. The molecular weight excluding hydrogens is 344 g/mol. The van der Waals surface area contributed by atoms with Crippen LogP contribution in [-0.4, -0.2) is 44.2 Å². The van der Waals surface area contributed by atoms with E-state index in [1.807, 2.05) is 37.3 Å². The fourth-order valence-electron chi connectivity index (χ4n) is 3.14. The molecule has 27 heavy (non-hydrogen) atoms. The van der Waals surface area contributed by atoms with E-state index in [9.17, 15) is 4.79 Å². The molecule has 0 saturated carbocycles. The average molecular weight is 370 g/mol. The maximum Gasteiger partial charge on any atom is 0.238 e. The second-order valence-electron chi connectivity index (χ2n) is 6.42. The summed E-state index contributed by atoms with van der Waals surface area (Å²) in [5.74, 6) is 2.12. The van der Waals surface area contributed by atoms with Gasteiger partial charge in [0.25, 0.3) is 0 Å². The molecule has 1 amide bonds. The molecule has 0 radical (unpaired) electrons. The molecule has 1 aliphatic rings. The molecule has 0 spiro atoms. The molecule has 1 unspecified atom stereocenters. The Morgan fingerprint density at radius 1 is 1.19 bits per heavy atom. The highest BCUT2D eigenvalue weighted by atomic mass is 16.6. The number of methoxy groups -OCH3 is 1. The summed E-state index contributed by atoms with van der Waals surface area (Å²) in [5.41, 5.74) is 1.82. The zero-order valence-corrected chi connectivity index (χ0v) is 16.0. The lowest BCUT2D eigenvalue weighted by Gasteiger charge is -2.28. The smallest absolute Gasteiger partial charge is 0.238 e. The van der Waals surface area contributed by atoms with Crippen molar-refractivity contribution >= 4 is 11.6 Å². The summed E-state index contributed by atoms with van der Waals surface area (Å²) in [6.07, 6.45) is 0. The van der Waals surface area contributed by atoms with Crippen molar-refractivity contribution < 1.29 is 19.0 Å². The summed E-state index contributed by atoms with van der Waals surface area (Å²) in [7, 11) is 1.65. The van der Waals surface area contributed by atoms with Gasteiger partial charge in [-0.1, -0.05) is 19.1 Å². The van der Waals surface area contributed by atoms with Gasteiger partial charge in [0, 0.05) is 17.8 Å². The Labute approximate surface area is 160 Å². The maximum atomic E-state index is 12.6. The first kappa shape index (κ1) is 19.0. The highest BCUT2D eigenvalue weighted by Crippen LogP contribution is 2.32. The predicted octanol–water partition coefficient (Wildman–Crippen LogP) is 3.49. The summed E-state index contributed by atoms with van der Waals surface area (Å²) in [6.45, 7) is 6.26. The van der Waals surface area contributed by atoms with Gasteiger partial charge in [-0.05, 0) is 43.3 Å². The van der Waals surface area contributed by atoms with Gasteiger partial charge >= 0.3 is 0 Å². The minimum absolute atomic E-state index is 0.0664. The average Bonchev–Trinajstić information content (AvgIpc) is 2.71. The SMILES string of the molecule is CCN(CC(=O)Nc1ccc2c(c1)OCCO2)C(C)c1cccc(OC)c1. The fourth-order valence-corrected chi connectivity index (χ4v) is 3.14. The molecule has 1 atom stereocenters. The Morgan fingerprint density at radius 2 is 1.96 bits per heavy atom. The number of fused-ring (bicyclic) bond motifs is 1. The van der Waals surface area contributed by atoms with Crippen LogP contribution < -0.4 is 19.5 Å². The lowest BCUT2D eigenvalue weighted by Crippen LogP contribution is -2.35. The number of nitrogens with zero attached hydrogens (tertiary/aromatic N) is 1. The third kappa shape index (κ3) is 4.71. The largest absolute Gasteiger partial charge is 0.497 e. The van der Waals surface area contributed by atoms with Crippen LogP contribution in [0, 0.1) is 0 Å². The third-order valence-electron chi connectivity index (χ3n) is 4.70. The second kappa shape index (κ2) is 8.77. The standard InChI is InChI=1S/C21H26N2O4/c1-4-23(15(2)16-6-5-7-18(12-16)25-3)14-21(24)22-17-8-9-19-20(13-17)27-11-10-26-19/h5-9,12-13,15H,4,10-11,14H2,1-3H3,(H,22,24). The van der Waals surface area contributed by atoms with Gasteiger partial charge in [-0.25, -0.2) is 0 Å². The topological polar surface area (TPSA) is 60.0 Å². The molecular formula is C21H26N2O4. The lowest BCUT2D eigenvalue weighted by atomic mass is 10.1. The van der Waals surface area contributed by atoms with E-state index in [-0.39, 0.29) is 11.9 Å². The van der Waals surface area contributed by atoms with Crippen LogP contribution in [0.1, 0.15) is 25.5 Å². The van der Waals surface area contributed by atoms with E-state index in [0.717, 1.165) is 17.9 Å². The summed E-state index contributed by atoms with van der Waals surface area (Å²) < 4.78 is 16.4. The van der Waals surface area contributed by atoms with Gasteiger partial charge in [0.1, 0.15) is 19.0 Å². The van der Waals surface area contributed by atoms with Crippen molar-refractivity contribution in [1.82, 2.24) is 4.90 Å². The van der Waals surface area contributed by atoms with Gasteiger partial charge in [-0.3, -0.25) is 9.69 Å². The number of hydrogen-bond acceptors (Lipinski definition) is 5. The van der Waals surface area contributed by atoms with E-state index in [1.165, 1.54) is 0 Å². The fraction of sp³-hybridized carbons (Fsp3) is 0.381. The third-order valence-corrected chi connectivity index (χ3v) is 4.70. The number of likely N-dealkylation sites (N-methyl/N-ethyl adjacent to an activating group) is 1. The first-order valence-electron chi connectivity index (χ1n) is 9.18. The molecule has 0 saturated heterocycles. The van der Waals surface area contributed by atoms with Crippen LogP contribution in [0.5, 0.6) is 17.2 Å². The molecule has 0 fully saturated rings. The number of carbonyl (C=O) groups is 1. The summed E-state index contributed by atoms with van der Waals surface area (Å²) in [6, 6.07) is 13.5.